The van der Waals surface area contributed by atoms with Crippen LogP contribution < -0.4 is 5.32 Å². The Bertz CT molecular complexity index is 554. The Balaban J connectivity index is 1.74. The normalized spacial score (nSPS) is 10.6. The topological polar surface area (TPSA) is 62.2 Å². The second-order valence-electron chi connectivity index (χ2n) is 3.98. The number of halogens is 1. The van der Waals surface area contributed by atoms with Gasteiger partial charge in [0.25, 0.3) is 0 Å². The lowest BCUT2D eigenvalue weighted by Gasteiger charge is -2.03. The Morgan fingerprint density at radius 1 is 1.37 bits per heavy atom. The molecule has 0 amide bonds. The third-order valence-corrected chi connectivity index (χ3v) is 3.69. The molecule has 1 aromatic carbocycles. The van der Waals surface area contributed by atoms with Crippen LogP contribution >= 0.6 is 22.9 Å². The monoisotopic (exact) mass is 296 g/mol. The van der Waals surface area contributed by atoms with E-state index in [-0.39, 0.29) is 5.69 Å². The Labute approximate surface area is 120 Å². The number of hydrogen-bond acceptors (Lipinski definition) is 4. The molecule has 0 spiro atoms. The number of aromatic nitrogens is 1. The fraction of sp³-hybridized carbons (Fsp3) is 0.231. The molecular formula is C13H13ClN2O2S. The molecule has 1 heterocycles. The zero-order chi connectivity index (χ0) is 13.7. The van der Waals surface area contributed by atoms with Gasteiger partial charge in [-0.25, -0.2) is 9.78 Å². The summed E-state index contributed by atoms with van der Waals surface area (Å²) >= 11 is 7.18. The minimum atomic E-state index is -0.975. The van der Waals surface area contributed by atoms with E-state index in [1.54, 1.807) is 5.38 Å². The summed E-state index contributed by atoms with van der Waals surface area (Å²) in [5.41, 5.74) is 1.28. The number of rotatable bonds is 6. The van der Waals surface area contributed by atoms with Gasteiger partial charge in [-0.3, -0.25) is 0 Å². The first kappa shape index (κ1) is 14.0. The van der Waals surface area contributed by atoms with Gasteiger partial charge in [-0.1, -0.05) is 23.7 Å². The maximum atomic E-state index is 10.7. The number of nitrogens with zero attached hydrogens (tertiary/aromatic N) is 1. The van der Waals surface area contributed by atoms with E-state index in [1.165, 1.54) is 11.3 Å². The number of benzene rings is 1. The van der Waals surface area contributed by atoms with Gasteiger partial charge in [-0.15, -0.1) is 11.3 Å². The average Bonchev–Trinajstić information content (AvgIpc) is 2.86. The van der Waals surface area contributed by atoms with E-state index in [9.17, 15) is 4.79 Å². The summed E-state index contributed by atoms with van der Waals surface area (Å²) in [6.07, 6.45) is 0.728. The molecular weight excluding hydrogens is 284 g/mol. The minimum absolute atomic E-state index is 0.123. The van der Waals surface area contributed by atoms with Crippen LogP contribution in [0.3, 0.4) is 0 Å². The highest BCUT2D eigenvalue weighted by Crippen LogP contribution is 2.11. The third-order valence-electron chi connectivity index (χ3n) is 2.53. The molecule has 0 atom stereocenters. The third kappa shape index (κ3) is 4.31. The Morgan fingerprint density at radius 3 is 2.74 bits per heavy atom. The highest BCUT2D eigenvalue weighted by molar-refractivity contribution is 7.09. The Hall–Kier alpha value is -1.43. The molecule has 0 aliphatic rings. The molecule has 1 aromatic heterocycles. The maximum Gasteiger partial charge on any atom is 0.355 e. The molecule has 0 saturated heterocycles. The number of carboxylic acids is 1. The van der Waals surface area contributed by atoms with Crippen LogP contribution in [-0.4, -0.2) is 22.6 Å². The number of carboxylic acid groups (broad SMARTS) is 1. The predicted molar refractivity (Wildman–Crippen MR) is 75.9 cm³/mol. The largest absolute Gasteiger partial charge is 0.476 e. The quantitative estimate of drug-likeness (QED) is 0.805. The second-order valence-corrected chi connectivity index (χ2v) is 5.36. The summed E-state index contributed by atoms with van der Waals surface area (Å²) in [5, 5.41) is 15.2. The van der Waals surface area contributed by atoms with Crippen LogP contribution in [0.1, 0.15) is 21.1 Å². The SMILES string of the molecule is O=C(O)c1csc(CCNCc2ccc(Cl)cc2)n1. The van der Waals surface area contributed by atoms with E-state index in [0.717, 1.165) is 35.1 Å². The fourth-order valence-electron chi connectivity index (χ4n) is 1.55. The van der Waals surface area contributed by atoms with E-state index in [1.807, 2.05) is 24.3 Å². The average molecular weight is 297 g/mol. The van der Waals surface area contributed by atoms with Crippen molar-refractivity contribution in [3.63, 3.8) is 0 Å². The van der Waals surface area contributed by atoms with E-state index >= 15 is 0 Å². The highest BCUT2D eigenvalue weighted by Gasteiger charge is 2.07. The fourth-order valence-corrected chi connectivity index (χ4v) is 2.45. The molecule has 0 unspecified atom stereocenters. The second kappa shape index (κ2) is 6.65. The van der Waals surface area contributed by atoms with Crippen molar-refractivity contribution in [3.05, 3.63) is 50.9 Å². The van der Waals surface area contributed by atoms with Crippen molar-refractivity contribution in [1.82, 2.24) is 10.3 Å². The van der Waals surface area contributed by atoms with Gasteiger partial charge in [0.15, 0.2) is 5.69 Å². The van der Waals surface area contributed by atoms with Crippen molar-refractivity contribution in [1.29, 1.82) is 0 Å². The molecule has 0 saturated carbocycles. The molecule has 4 nitrogen and oxygen atoms in total. The Morgan fingerprint density at radius 2 is 2.11 bits per heavy atom. The maximum absolute atomic E-state index is 10.7. The number of hydrogen-bond donors (Lipinski definition) is 2. The van der Waals surface area contributed by atoms with Gasteiger partial charge in [-0.05, 0) is 17.7 Å². The van der Waals surface area contributed by atoms with Crippen LogP contribution in [0.5, 0.6) is 0 Å². The smallest absolute Gasteiger partial charge is 0.355 e. The molecule has 6 heteroatoms. The van der Waals surface area contributed by atoms with E-state index < -0.39 is 5.97 Å². The first-order chi connectivity index (χ1) is 9.15. The molecule has 2 aromatic rings. The van der Waals surface area contributed by atoms with Crippen molar-refractivity contribution in [2.75, 3.05) is 6.54 Å². The summed E-state index contributed by atoms with van der Waals surface area (Å²) < 4.78 is 0. The van der Waals surface area contributed by atoms with Crippen LogP contribution in [0.4, 0.5) is 0 Å². The summed E-state index contributed by atoms with van der Waals surface area (Å²) in [4.78, 5) is 14.7. The van der Waals surface area contributed by atoms with Crippen LogP contribution in [0.2, 0.25) is 5.02 Å². The van der Waals surface area contributed by atoms with Gasteiger partial charge in [0.2, 0.25) is 0 Å². The van der Waals surface area contributed by atoms with Gasteiger partial charge >= 0.3 is 5.97 Å². The van der Waals surface area contributed by atoms with Gasteiger partial charge in [-0.2, -0.15) is 0 Å². The zero-order valence-corrected chi connectivity index (χ0v) is 11.7. The lowest BCUT2D eigenvalue weighted by Crippen LogP contribution is -2.16. The molecule has 2 rings (SSSR count). The van der Waals surface area contributed by atoms with E-state index in [2.05, 4.69) is 10.3 Å². The highest BCUT2D eigenvalue weighted by atomic mass is 35.5. The summed E-state index contributed by atoms with van der Waals surface area (Å²) in [6.45, 7) is 1.52. The van der Waals surface area contributed by atoms with Gasteiger partial charge in [0.05, 0.1) is 5.01 Å². The molecule has 0 bridgehead atoms. The van der Waals surface area contributed by atoms with Gasteiger partial charge in [0, 0.05) is 29.9 Å². The summed E-state index contributed by atoms with van der Waals surface area (Å²) in [6, 6.07) is 7.67. The minimum Gasteiger partial charge on any atom is -0.476 e. The van der Waals surface area contributed by atoms with Crippen molar-refractivity contribution in [3.8, 4) is 0 Å². The van der Waals surface area contributed by atoms with Crippen molar-refractivity contribution in [2.24, 2.45) is 0 Å². The molecule has 0 fully saturated rings. The number of aromatic carboxylic acids is 1. The summed E-state index contributed by atoms with van der Waals surface area (Å²) in [7, 11) is 0. The molecule has 2 N–H and O–H groups in total. The number of carbonyl (C=O) groups is 1. The molecule has 0 aliphatic heterocycles. The molecule has 0 aliphatic carbocycles. The van der Waals surface area contributed by atoms with Gasteiger partial charge < -0.3 is 10.4 Å². The zero-order valence-electron chi connectivity index (χ0n) is 10.1. The first-order valence-corrected chi connectivity index (χ1v) is 7.04. The van der Waals surface area contributed by atoms with Crippen molar-refractivity contribution < 1.29 is 9.90 Å². The van der Waals surface area contributed by atoms with Crippen molar-refractivity contribution >= 4 is 28.9 Å². The molecule has 100 valence electrons. The molecule has 19 heavy (non-hydrogen) atoms. The van der Waals surface area contributed by atoms with Gasteiger partial charge in [0.1, 0.15) is 0 Å². The summed E-state index contributed by atoms with van der Waals surface area (Å²) in [5.74, 6) is -0.975. The van der Waals surface area contributed by atoms with E-state index in [0.29, 0.717) is 0 Å². The predicted octanol–water partition coefficient (Wildman–Crippen LogP) is 2.83. The Kier molecular flexibility index (Phi) is 4.90. The van der Waals surface area contributed by atoms with Crippen LogP contribution in [-0.2, 0) is 13.0 Å². The lowest BCUT2D eigenvalue weighted by atomic mass is 10.2. The van der Waals surface area contributed by atoms with Crippen LogP contribution in [0.25, 0.3) is 0 Å². The van der Waals surface area contributed by atoms with Crippen LogP contribution in [0.15, 0.2) is 29.6 Å². The number of thiazole rings is 1. The first-order valence-electron chi connectivity index (χ1n) is 5.78. The van der Waals surface area contributed by atoms with Crippen molar-refractivity contribution in [2.45, 2.75) is 13.0 Å². The number of nitrogens with one attached hydrogen (secondary N) is 1. The van der Waals surface area contributed by atoms with E-state index in [4.69, 9.17) is 16.7 Å². The van der Waals surface area contributed by atoms with Crippen LogP contribution in [0, 0.1) is 0 Å². The standard InChI is InChI=1S/C13H13ClN2O2S/c14-10-3-1-9(2-4-10)7-15-6-5-12-16-11(8-19-12)13(17)18/h1-4,8,15H,5-7H2,(H,17,18). The lowest BCUT2D eigenvalue weighted by molar-refractivity contribution is 0.0691. The molecule has 0 radical (unpaired) electrons.